The largest absolute Gasteiger partial charge is 0.493 e. The second-order valence-corrected chi connectivity index (χ2v) is 13.1. The van der Waals surface area contributed by atoms with Gasteiger partial charge in [0.15, 0.2) is 17.1 Å². The van der Waals surface area contributed by atoms with Crippen molar-refractivity contribution < 1.29 is 28.8 Å². The molecular formula is C41H37NO6. The van der Waals surface area contributed by atoms with Gasteiger partial charge in [-0.25, -0.2) is 4.79 Å². The normalized spacial score (nSPS) is 18.9. The average Bonchev–Trinajstić information content (AvgIpc) is 3.37. The zero-order chi connectivity index (χ0) is 33.2. The molecule has 7 nitrogen and oxygen atoms in total. The second-order valence-electron chi connectivity index (χ2n) is 13.1. The molecule has 242 valence electrons. The van der Waals surface area contributed by atoms with Crippen LogP contribution in [0.5, 0.6) is 17.2 Å². The van der Waals surface area contributed by atoms with Gasteiger partial charge in [-0.05, 0) is 70.1 Å². The Hall–Kier alpha value is -5.27. The number of morpholine rings is 1. The molecule has 1 aliphatic carbocycles. The number of ether oxygens (including phenoxy) is 4. The Balaban J connectivity index is 1.39. The quantitative estimate of drug-likeness (QED) is 0.202. The minimum absolute atomic E-state index is 0.266. The van der Waals surface area contributed by atoms with E-state index in [1.54, 1.807) is 20.3 Å². The van der Waals surface area contributed by atoms with Gasteiger partial charge in [-0.2, -0.15) is 0 Å². The van der Waals surface area contributed by atoms with Crippen LogP contribution >= 0.6 is 0 Å². The molecule has 5 aromatic rings. The lowest BCUT2D eigenvalue weighted by atomic mass is 9.76. The van der Waals surface area contributed by atoms with Crippen molar-refractivity contribution in [2.45, 2.75) is 24.9 Å². The third-order valence-corrected chi connectivity index (χ3v) is 10.3. The minimum atomic E-state index is -0.946. The lowest BCUT2D eigenvalue weighted by molar-refractivity contribution is 0.0696. The lowest BCUT2D eigenvalue weighted by Gasteiger charge is -2.39. The number of nitrogens with zero attached hydrogens (tertiary/aromatic N) is 1. The highest BCUT2D eigenvalue weighted by atomic mass is 16.5. The fraction of sp³-hybridized carbons (Fsp3) is 0.244. The van der Waals surface area contributed by atoms with E-state index < -0.39 is 17.0 Å². The van der Waals surface area contributed by atoms with Crippen molar-refractivity contribution in [2.75, 3.05) is 45.4 Å². The first-order valence-corrected chi connectivity index (χ1v) is 16.3. The summed E-state index contributed by atoms with van der Waals surface area (Å²) < 4.78 is 24.6. The fourth-order valence-electron chi connectivity index (χ4n) is 7.85. The van der Waals surface area contributed by atoms with Crippen LogP contribution in [0.2, 0.25) is 0 Å². The average molecular weight is 640 g/mol. The summed E-state index contributed by atoms with van der Waals surface area (Å²) in [7, 11) is 3.28. The zero-order valence-electron chi connectivity index (χ0n) is 27.5. The van der Waals surface area contributed by atoms with E-state index in [1.165, 1.54) is 0 Å². The van der Waals surface area contributed by atoms with E-state index in [2.05, 4.69) is 67.3 Å². The van der Waals surface area contributed by atoms with Gasteiger partial charge in [-0.1, -0.05) is 68.5 Å². The third-order valence-electron chi connectivity index (χ3n) is 10.3. The number of carboxylic acid groups (broad SMARTS) is 1. The molecule has 5 aromatic carbocycles. The first-order valence-electron chi connectivity index (χ1n) is 16.3. The van der Waals surface area contributed by atoms with Crippen molar-refractivity contribution in [1.29, 1.82) is 0 Å². The molecule has 2 aliphatic heterocycles. The summed E-state index contributed by atoms with van der Waals surface area (Å²) in [5.74, 6) is 1.01. The number of carbonyl (C=O) groups is 1. The zero-order valence-corrected chi connectivity index (χ0v) is 27.5. The van der Waals surface area contributed by atoms with E-state index in [-0.39, 0.29) is 5.56 Å². The van der Waals surface area contributed by atoms with Crippen LogP contribution in [-0.2, 0) is 15.8 Å². The Bertz CT molecular complexity index is 2110. The highest BCUT2D eigenvalue weighted by molar-refractivity contribution is 6.10. The van der Waals surface area contributed by atoms with E-state index in [4.69, 9.17) is 18.9 Å². The number of anilines is 1. The van der Waals surface area contributed by atoms with E-state index >= 15 is 0 Å². The van der Waals surface area contributed by atoms with Gasteiger partial charge in [0.25, 0.3) is 0 Å². The number of hydrogen-bond acceptors (Lipinski definition) is 6. The predicted octanol–water partition coefficient (Wildman–Crippen LogP) is 8.05. The van der Waals surface area contributed by atoms with Gasteiger partial charge in [-0.3, -0.25) is 0 Å². The summed E-state index contributed by atoms with van der Waals surface area (Å²) >= 11 is 0. The number of fused-ring (bicyclic) bond motifs is 8. The van der Waals surface area contributed by atoms with Crippen LogP contribution in [-0.4, -0.2) is 51.6 Å². The number of methoxy groups -OCH3 is 2. The summed E-state index contributed by atoms with van der Waals surface area (Å²) in [6.45, 7) is 7.49. The highest BCUT2D eigenvalue weighted by Crippen LogP contribution is 2.59. The Morgan fingerprint density at radius 3 is 2.17 bits per heavy atom. The molecule has 1 unspecified atom stereocenters. The highest BCUT2D eigenvalue weighted by Gasteiger charge is 2.44. The van der Waals surface area contributed by atoms with Gasteiger partial charge in [0.2, 0.25) is 0 Å². The molecule has 0 saturated carbocycles. The van der Waals surface area contributed by atoms with E-state index in [0.717, 1.165) is 87.5 Å². The summed E-state index contributed by atoms with van der Waals surface area (Å²) in [5.41, 5.74) is 7.10. The van der Waals surface area contributed by atoms with Gasteiger partial charge < -0.3 is 29.0 Å². The maximum absolute atomic E-state index is 12.1. The SMILES string of the molecule is COc1cc2c3c(c4c(c2cc1OC)-c1ccc(C(=O)O)cc1C4(C)C)C=CC(c1ccccc1)(c1ccc(N2CCOCC2)cc1)O3. The van der Waals surface area contributed by atoms with Crippen LogP contribution in [0.25, 0.3) is 28.0 Å². The van der Waals surface area contributed by atoms with Crippen molar-refractivity contribution in [2.24, 2.45) is 0 Å². The van der Waals surface area contributed by atoms with E-state index in [9.17, 15) is 9.90 Å². The van der Waals surface area contributed by atoms with Crippen LogP contribution in [0.4, 0.5) is 5.69 Å². The monoisotopic (exact) mass is 639 g/mol. The maximum Gasteiger partial charge on any atom is 0.335 e. The third kappa shape index (κ3) is 4.41. The molecule has 7 heteroatoms. The molecule has 1 fully saturated rings. The van der Waals surface area contributed by atoms with Crippen molar-refractivity contribution in [3.8, 4) is 28.4 Å². The second kappa shape index (κ2) is 11.2. The van der Waals surface area contributed by atoms with Crippen molar-refractivity contribution in [1.82, 2.24) is 0 Å². The Morgan fingerprint density at radius 1 is 0.833 bits per heavy atom. The van der Waals surface area contributed by atoms with E-state index in [0.29, 0.717) is 11.5 Å². The minimum Gasteiger partial charge on any atom is -0.493 e. The van der Waals surface area contributed by atoms with Crippen LogP contribution in [0, 0.1) is 0 Å². The molecule has 0 aromatic heterocycles. The van der Waals surface area contributed by atoms with Gasteiger partial charge in [0.05, 0.1) is 33.0 Å². The summed E-state index contributed by atoms with van der Waals surface area (Å²) in [5, 5.41) is 11.7. The first-order chi connectivity index (χ1) is 23.3. The van der Waals surface area contributed by atoms with Crippen LogP contribution < -0.4 is 19.1 Å². The smallest absolute Gasteiger partial charge is 0.335 e. The topological polar surface area (TPSA) is 77.5 Å². The Kier molecular flexibility index (Phi) is 7.00. The molecule has 3 aliphatic rings. The molecule has 8 rings (SSSR count). The Labute approximate surface area is 279 Å². The number of aromatic carboxylic acids is 1. The molecule has 0 radical (unpaired) electrons. The van der Waals surface area contributed by atoms with Gasteiger partial charge in [0.1, 0.15) is 5.75 Å². The van der Waals surface area contributed by atoms with Gasteiger partial charge in [0, 0.05) is 46.3 Å². The molecule has 0 amide bonds. The summed E-state index contributed by atoms with van der Waals surface area (Å²) in [6.07, 6.45) is 4.37. The molecule has 1 atom stereocenters. The lowest BCUT2D eigenvalue weighted by Crippen LogP contribution is -2.37. The molecule has 0 spiro atoms. The number of carboxylic acids is 1. The van der Waals surface area contributed by atoms with Gasteiger partial charge >= 0.3 is 5.97 Å². The van der Waals surface area contributed by atoms with Crippen molar-refractivity contribution in [3.05, 3.63) is 124 Å². The summed E-state index contributed by atoms with van der Waals surface area (Å²) in [4.78, 5) is 14.4. The van der Waals surface area contributed by atoms with Crippen LogP contribution in [0.1, 0.15) is 52.0 Å². The van der Waals surface area contributed by atoms with Crippen LogP contribution in [0.15, 0.2) is 91.0 Å². The molecule has 1 saturated heterocycles. The number of rotatable bonds is 6. The summed E-state index contributed by atoms with van der Waals surface area (Å²) in [6, 6.07) is 28.5. The number of hydrogen-bond donors (Lipinski definition) is 1. The number of benzene rings is 5. The Morgan fingerprint density at radius 2 is 1.50 bits per heavy atom. The maximum atomic E-state index is 12.1. The molecule has 0 bridgehead atoms. The molecule has 1 N–H and O–H groups in total. The van der Waals surface area contributed by atoms with Crippen molar-refractivity contribution >= 4 is 28.5 Å². The van der Waals surface area contributed by atoms with E-state index in [1.807, 2.05) is 42.5 Å². The molecular weight excluding hydrogens is 602 g/mol. The first kappa shape index (κ1) is 30.1. The van der Waals surface area contributed by atoms with Crippen molar-refractivity contribution in [3.63, 3.8) is 0 Å². The van der Waals surface area contributed by atoms with Crippen LogP contribution in [0.3, 0.4) is 0 Å². The van der Waals surface area contributed by atoms with Gasteiger partial charge in [-0.15, -0.1) is 0 Å². The fourth-order valence-corrected chi connectivity index (χ4v) is 7.85. The molecule has 48 heavy (non-hydrogen) atoms. The standard InChI is InChI=1S/C41H37NO6/c1-40(2)33-22-25(39(43)44)10-15-29(33)36-31-23-34(45-3)35(46-4)24-32(31)38-30(37(36)40)16-17-41(48-38,26-8-6-5-7-9-26)27-11-13-28(14-12-27)42-18-20-47-21-19-42/h5-17,22-24H,18-21H2,1-4H3,(H,43,44). The molecule has 2 heterocycles. The predicted molar refractivity (Wildman–Crippen MR) is 188 cm³/mol.